The van der Waals surface area contributed by atoms with E-state index in [1.807, 2.05) is 0 Å². The van der Waals surface area contributed by atoms with Crippen molar-refractivity contribution in [2.75, 3.05) is 23.9 Å². The Morgan fingerprint density at radius 3 is 1.55 bits per heavy atom. The number of carbonyl (C=O) groups is 3. The third-order valence-corrected chi connectivity index (χ3v) is 6.26. The maximum atomic E-state index is 12.7. The number of imide groups is 1. The number of anilines is 2. The molecule has 18 heteroatoms. The zero-order valence-electron chi connectivity index (χ0n) is 20.9. The fourth-order valence-corrected chi connectivity index (χ4v) is 3.75. The minimum absolute atomic E-state index is 0.219. The van der Waals surface area contributed by atoms with Gasteiger partial charge in [-0.05, 0) is 13.8 Å². The average molecular weight is 554 g/mol. The molecule has 1 unspecified atom stereocenters. The van der Waals surface area contributed by atoms with Crippen LogP contribution in [0.15, 0.2) is 12.1 Å². The number of rotatable bonds is 2. The molecule has 38 heavy (non-hydrogen) atoms. The normalized spacial score (nSPS) is 22.6. The van der Waals surface area contributed by atoms with Crippen LogP contribution in [-0.4, -0.2) is 84.8 Å². The summed E-state index contributed by atoms with van der Waals surface area (Å²) >= 11 is 0. The largest absolute Gasteiger partial charge is 0.433 e. The highest BCUT2D eigenvalue weighted by Gasteiger charge is 2.45. The number of hydrogen-bond acceptors (Lipinski definition) is 6. The van der Waals surface area contributed by atoms with Gasteiger partial charge >= 0.3 is 24.4 Å². The second kappa shape index (κ2) is 9.48. The fraction of sp³-hybridized carbons (Fsp3) is 0.550. The Morgan fingerprint density at radius 2 is 1.21 bits per heavy atom. The lowest BCUT2D eigenvalue weighted by molar-refractivity contribution is -0.144. The maximum Gasteiger partial charge on any atom is 0.433 e. The number of aryl methyl sites for hydroxylation is 2. The Balaban J connectivity index is 0.000000211. The molecule has 2 fully saturated rings. The third kappa shape index (κ3) is 4.86. The van der Waals surface area contributed by atoms with Crippen LogP contribution in [0.1, 0.15) is 25.2 Å². The molecule has 4 heterocycles. The number of aliphatic hydroxyl groups excluding tert-OH is 1. The number of likely N-dealkylation sites (N-methyl/N-ethyl adjacent to an activating group) is 2. The van der Waals surface area contributed by atoms with Crippen LogP contribution in [0.2, 0.25) is 0 Å². The van der Waals surface area contributed by atoms with Gasteiger partial charge in [0.25, 0.3) is 5.91 Å². The van der Waals surface area contributed by atoms with Gasteiger partial charge in [0, 0.05) is 40.3 Å². The van der Waals surface area contributed by atoms with Gasteiger partial charge in [0.1, 0.15) is 17.4 Å². The molecule has 0 aromatic carbocycles. The van der Waals surface area contributed by atoms with Crippen LogP contribution in [0, 0.1) is 0 Å². The summed E-state index contributed by atoms with van der Waals surface area (Å²) in [6.45, 7) is 3.09. The number of urea groups is 2. The molecule has 210 valence electrons. The van der Waals surface area contributed by atoms with E-state index in [1.165, 1.54) is 25.9 Å². The molecule has 2 aromatic rings. The minimum Gasteiger partial charge on any atom is -0.371 e. The molecule has 2 aliphatic rings. The zero-order chi connectivity index (χ0) is 29.1. The Hall–Kier alpha value is -3.83. The zero-order valence-corrected chi connectivity index (χ0v) is 20.9. The van der Waals surface area contributed by atoms with Crippen LogP contribution in [0.5, 0.6) is 0 Å². The number of alkyl halides is 6. The summed E-state index contributed by atoms with van der Waals surface area (Å²) in [5.41, 5.74) is -2.00. The van der Waals surface area contributed by atoms with Gasteiger partial charge in [0.15, 0.2) is 17.9 Å². The topological polar surface area (TPSA) is 120 Å². The van der Waals surface area contributed by atoms with Gasteiger partial charge in [-0.1, -0.05) is 0 Å². The van der Waals surface area contributed by atoms with Crippen molar-refractivity contribution in [3.63, 3.8) is 0 Å². The molecule has 2 aromatic heterocycles. The molecule has 5 amide bonds. The highest BCUT2D eigenvalue weighted by Crippen LogP contribution is 2.34. The monoisotopic (exact) mass is 554 g/mol. The minimum atomic E-state index is -4.59. The molecular weight excluding hydrogens is 530 g/mol. The second-order valence-corrected chi connectivity index (χ2v) is 8.68. The number of nitrogens with zero attached hydrogens (tertiary/aromatic N) is 8. The molecule has 1 N–H and O–H groups in total. The molecule has 2 aliphatic heterocycles. The van der Waals surface area contributed by atoms with Gasteiger partial charge in [-0.15, -0.1) is 0 Å². The number of halogens is 6. The predicted octanol–water partition coefficient (Wildman–Crippen LogP) is 2.24. The molecule has 4 rings (SSSR count). The third-order valence-electron chi connectivity index (χ3n) is 6.26. The van der Waals surface area contributed by atoms with Crippen molar-refractivity contribution < 1.29 is 45.8 Å². The van der Waals surface area contributed by atoms with E-state index in [1.54, 1.807) is 6.92 Å². The Kier molecular flexibility index (Phi) is 7.17. The van der Waals surface area contributed by atoms with Crippen molar-refractivity contribution >= 4 is 29.6 Å². The van der Waals surface area contributed by atoms with E-state index in [-0.39, 0.29) is 11.6 Å². The van der Waals surface area contributed by atoms with Gasteiger partial charge in [-0.25, -0.2) is 19.4 Å². The first kappa shape index (κ1) is 28.7. The number of hydrogen-bond donors (Lipinski definition) is 1. The molecule has 0 aliphatic carbocycles. The van der Waals surface area contributed by atoms with Crippen LogP contribution in [0.3, 0.4) is 0 Å². The van der Waals surface area contributed by atoms with Gasteiger partial charge in [0.2, 0.25) is 0 Å². The van der Waals surface area contributed by atoms with E-state index in [2.05, 4.69) is 10.2 Å². The number of amides is 5. The maximum absolute atomic E-state index is 12.7. The summed E-state index contributed by atoms with van der Waals surface area (Å²) in [6.07, 6.45) is -10.4. The van der Waals surface area contributed by atoms with Gasteiger partial charge in [-0.3, -0.25) is 14.2 Å². The number of carbonyl (C=O) groups excluding carboxylic acids is 3. The van der Waals surface area contributed by atoms with Crippen LogP contribution < -0.4 is 9.80 Å². The first-order valence-corrected chi connectivity index (χ1v) is 10.9. The van der Waals surface area contributed by atoms with Crippen LogP contribution in [-0.2, 0) is 31.2 Å². The second-order valence-electron chi connectivity index (χ2n) is 8.68. The standard InChI is InChI=1S/C10H13F3N4O2.C10H11F3N4O2/c2*1-5-8(18)17(9(19)15(5)2)7-4-6(10(11,12)13)16(3)14-7/h4-5,8,18H,1-3H3;4-5H,1-3H3/t5-,8?;5-/m11/s1. The van der Waals surface area contributed by atoms with E-state index in [4.69, 9.17) is 0 Å². The summed E-state index contributed by atoms with van der Waals surface area (Å²) in [5.74, 6) is -1.14. The molecular formula is C20H24F6N8O4. The fourth-order valence-electron chi connectivity index (χ4n) is 3.75. The van der Waals surface area contributed by atoms with E-state index in [0.29, 0.717) is 20.3 Å². The van der Waals surface area contributed by atoms with Crippen molar-refractivity contribution in [2.24, 2.45) is 14.1 Å². The van der Waals surface area contributed by atoms with Crippen LogP contribution in [0.25, 0.3) is 0 Å². The molecule has 0 spiro atoms. The van der Waals surface area contributed by atoms with Gasteiger partial charge in [-0.2, -0.15) is 36.5 Å². The van der Waals surface area contributed by atoms with Crippen LogP contribution in [0.4, 0.5) is 47.6 Å². The highest BCUT2D eigenvalue weighted by atomic mass is 19.4. The lowest BCUT2D eigenvalue weighted by Crippen LogP contribution is -2.35. The molecule has 0 bridgehead atoms. The lowest BCUT2D eigenvalue weighted by atomic mass is 10.3. The number of aromatic nitrogens is 4. The van der Waals surface area contributed by atoms with E-state index in [9.17, 15) is 45.8 Å². The molecule has 0 saturated carbocycles. The Bertz CT molecular complexity index is 1240. The van der Waals surface area contributed by atoms with Crippen molar-refractivity contribution in [3.05, 3.63) is 23.5 Å². The number of aliphatic hydroxyl groups is 1. The van der Waals surface area contributed by atoms with Crippen molar-refractivity contribution in [2.45, 2.75) is 44.5 Å². The van der Waals surface area contributed by atoms with Crippen LogP contribution >= 0.6 is 0 Å². The highest BCUT2D eigenvalue weighted by molar-refractivity contribution is 6.20. The Morgan fingerprint density at radius 1 is 0.763 bits per heavy atom. The van der Waals surface area contributed by atoms with E-state index in [0.717, 1.165) is 30.0 Å². The quantitative estimate of drug-likeness (QED) is 0.449. The molecule has 2 saturated heterocycles. The van der Waals surface area contributed by atoms with Crippen molar-refractivity contribution in [1.82, 2.24) is 29.4 Å². The van der Waals surface area contributed by atoms with Gasteiger partial charge in [0.05, 0.1) is 6.04 Å². The summed E-state index contributed by atoms with van der Waals surface area (Å²) < 4.78 is 77.1. The van der Waals surface area contributed by atoms with E-state index >= 15 is 0 Å². The smallest absolute Gasteiger partial charge is 0.371 e. The summed E-state index contributed by atoms with van der Waals surface area (Å²) in [5, 5.41) is 17.1. The first-order chi connectivity index (χ1) is 17.3. The first-order valence-electron chi connectivity index (χ1n) is 10.9. The van der Waals surface area contributed by atoms with E-state index < -0.39 is 60.0 Å². The molecule has 3 atom stereocenters. The van der Waals surface area contributed by atoms with Crippen molar-refractivity contribution in [1.29, 1.82) is 0 Å². The lowest BCUT2D eigenvalue weighted by Gasteiger charge is -2.16. The SMILES string of the molecule is C[C@@H]1C(=O)N(c2cc(C(F)(F)F)n(C)n2)C(=O)N1C.C[C@@H]1C(O)N(c2cc(C(F)(F)F)n(C)n2)C(=O)N1C. The van der Waals surface area contributed by atoms with Crippen molar-refractivity contribution in [3.8, 4) is 0 Å². The Labute approximate surface area is 211 Å². The molecule has 12 nitrogen and oxygen atoms in total. The predicted molar refractivity (Wildman–Crippen MR) is 118 cm³/mol. The summed E-state index contributed by atoms with van der Waals surface area (Å²) in [4.78, 5) is 39.4. The summed E-state index contributed by atoms with van der Waals surface area (Å²) in [7, 11) is 5.10. The molecule has 0 radical (unpaired) electrons. The van der Waals surface area contributed by atoms with Gasteiger partial charge < -0.3 is 14.9 Å². The average Bonchev–Trinajstić information content (AvgIpc) is 3.48. The summed E-state index contributed by atoms with van der Waals surface area (Å²) in [6, 6.07) is -1.10.